The van der Waals surface area contributed by atoms with Crippen LogP contribution in [-0.4, -0.2) is 33.5 Å². The van der Waals surface area contributed by atoms with Crippen LogP contribution in [-0.2, 0) is 16.1 Å². The molecule has 0 spiro atoms. The number of aromatic nitrogens is 3. The Labute approximate surface area is 146 Å². The highest BCUT2D eigenvalue weighted by Gasteiger charge is 2.08. The third-order valence-corrected chi connectivity index (χ3v) is 3.42. The monoisotopic (exact) mass is 344 g/mol. The molecular weight excluding hydrogens is 320 g/mol. The van der Waals surface area contributed by atoms with Gasteiger partial charge in [0, 0.05) is 30.6 Å². The molecule has 1 aromatic carbocycles. The Morgan fingerprint density at radius 2 is 1.92 bits per heavy atom. The highest BCUT2D eigenvalue weighted by atomic mass is 16.2. The number of anilines is 1. The fraction of sp³-hybridized carbons (Fsp3) is 0.412. The second-order valence-electron chi connectivity index (χ2n) is 6.13. The molecule has 0 radical (unpaired) electrons. The standard InChI is InChI=1S/C17H24N6O2/c1-11(2)9-16(25)19-8-7-15(24)20-13-5-3-12(4-6-13)17-21-14(10-18)22-23-17/h3-6,11H,7-10,18H2,1-2H3,(H,19,25)(H,20,24)(H,21,22,23). The number of nitrogens with one attached hydrogen (secondary N) is 3. The maximum atomic E-state index is 11.9. The number of nitrogens with two attached hydrogens (primary N) is 1. The molecule has 2 rings (SSSR count). The predicted octanol–water partition coefficient (Wildman–Crippen LogP) is 1.42. The van der Waals surface area contributed by atoms with E-state index in [2.05, 4.69) is 25.8 Å². The van der Waals surface area contributed by atoms with Gasteiger partial charge in [-0.15, -0.1) is 0 Å². The molecule has 8 nitrogen and oxygen atoms in total. The highest BCUT2D eigenvalue weighted by Crippen LogP contribution is 2.18. The molecule has 0 saturated carbocycles. The minimum Gasteiger partial charge on any atom is -0.356 e. The van der Waals surface area contributed by atoms with Crippen molar-refractivity contribution in [3.8, 4) is 11.4 Å². The summed E-state index contributed by atoms with van der Waals surface area (Å²) < 4.78 is 0. The topological polar surface area (TPSA) is 126 Å². The summed E-state index contributed by atoms with van der Waals surface area (Å²) in [5.74, 6) is 1.30. The molecule has 0 fully saturated rings. The van der Waals surface area contributed by atoms with Crippen LogP contribution in [0.2, 0.25) is 0 Å². The summed E-state index contributed by atoms with van der Waals surface area (Å²) in [4.78, 5) is 27.7. The number of nitrogens with zero attached hydrogens (tertiary/aromatic N) is 2. The van der Waals surface area contributed by atoms with Gasteiger partial charge in [-0.2, -0.15) is 5.10 Å². The summed E-state index contributed by atoms with van der Waals surface area (Å²) in [7, 11) is 0. The zero-order valence-electron chi connectivity index (χ0n) is 14.5. The fourth-order valence-electron chi connectivity index (χ4n) is 2.20. The van der Waals surface area contributed by atoms with Crippen LogP contribution in [0.5, 0.6) is 0 Å². The number of H-pyrrole nitrogens is 1. The molecule has 0 bridgehead atoms. The van der Waals surface area contributed by atoms with Gasteiger partial charge in [-0.3, -0.25) is 14.7 Å². The van der Waals surface area contributed by atoms with E-state index in [4.69, 9.17) is 5.73 Å². The second kappa shape index (κ2) is 8.93. The van der Waals surface area contributed by atoms with E-state index in [1.807, 2.05) is 26.0 Å². The summed E-state index contributed by atoms with van der Waals surface area (Å²) in [6.45, 7) is 4.58. The molecule has 0 saturated heterocycles. The highest BCUT2D eigenvalue weighted by molar-refractivity contribution is 5.91. The van der Waals surface area contributed by atoms with Crippen LogP contribution in [0.4, 0.5) is 5.69 Å². The molecule has 2 amide bonds. The molecule has 0 unspecified atom stereocenters. The van der Waals surface area contributed by atoms with E-state index in [9.17, 15) is 9.59 Å². The van der Waals surface area contributed by atoms with Crippen LogP contribution < -0.4 is 16.4 Å². The number of benzene rings is 1. The van der Waals surface area contributed by atoms with Crippen molar-refractivity contribution in [1.29, 1.82) is 0 Å². The number of carbonyl (C=O) groups is 2. The molecule has 134 valence electrons. The molecule has 0 aliphatic rings. The van der Waals surface area contributed by atoms with E-state index >= 15 is 0 Å². The third-order valence-electron chi connectivity index (χ3n) is 3.42. The first-order chi connectivity index (χ1) is 12.0. The van der Waals surface area contributed by atoms with Gasteiger partial charge < -0.3 is 16.4 Å². The molecule has 2 aromatic rings. The van der Waals surface area contributed by atoms with E-state index in [1.54, 1.807) is 12.1 Å². The number of aromatic amines is 1. The van der Waals surface area contributed by atoms with Gasteiger partial charge in [0.2, 0.25) is 11.8 Å². The van der Waals surface area contributed by atoms with Crippen molar-refractivity contribution < 1.29 is 9.59 Å². The molecule has 8 heteroatoms. The molecule has 0 atom stereocenters. The number of rotatable bonds is 8. The molecule has 1 heterocycles. The minimum absolute atomic E-state index is 0.0319. The number of hydrogen-bond donors (Lipinski definition) is 4. The SMILES string of the molecule is CC(C)CC(=O)NCCC(=O)Nc1ccc(-c2n[nH]c(CN)n2)cc1. The lowest BCUT2D eigenvalue weighted by Gasteiger charge is -2.08. The van der Waals surface area contributed by atoms with E-state index < -0.39 is 0 Å². The maximum absolute atomic E-state index is 11.9. The first kappa shape index (κ1) is 18.6. The Bertz CT molecular complexity index is 708. The van der Waals surface area contributed by atoms with Crippen molar-refractivity contribution in [1.82, 2.24) is 20.5 Å². The van der Waals surface area contributed by atoms with Gasteiger partial charge in [0.25, 0.3) is 0 Å². The average molecular weight is 344 g/mol. The fourth-order valence-corrected chi connectivity index (χ4v) is 2.20. The van der Waals surface area contributed by atoms with Crippen molar-refractivity contribution in [2.24, 2.45) is 11.7 Å². The van der Waals surface area contributed by atoms with Crippen LogP contribution >= 0.6 is 0 Å². The molecular formula is C17H24N6O2. The number of carbonyl (C=O) groups excluding carboxylic acids is 2. The van der Waals surface area contributed by atoms with Gasteiger partial charge in [-0.25, -0.2) is 4.98 Å². The normalized spacial score (nSPS) is 10.7. The Kier molecular flexibility index (Phi) is 6.64. The largest absolute Gasteiger partial charge is 0.356 e. The summed E-state index contributed by atoms with van der Waals surface area (Å²) >= 11 is 0. The predicted molar refractivity (Wildman–Crippen MR) is 95.4 cm³/mol. The van der Waals surface area contributed by atoms with Crippen LogP contribution in [0.15, 0.2) is 24.3 Å². The zero-order valence-corrected chi connectivity index (χ0v) is 14.5. The molecule has 1 aromatic heterocycles. The Morgan fingerprint density at radius 1 is 1.20 bits per heavy atom. The number of hydrogen-bond acceptors (Lipinski definition) is 5. The first-order valence-corrected chi connectivity index (χ1v) is 8.26. The second-order valence-corrected chi connectivity index (χ2v) is 6.13. The quantitative estimate of drug-likeness (QED) is 0.576. The lowest BCUT2D eigenvalue weighted by molar-refractivity contribution is -0.121. The van der Waals surface area contributed by atoms with Gasteiger partial charge in [-0.05, 0) is 30.2 Å². The van der Waals surface area contributed by atoms with Gasteiger partial charge in [0.05, 0.1) is 6.54 Å². The lowest BCUT2D eigenvalue weighted by atomic mass is 10.1. The van der Waals surface area contributed by atoms with Crippen molar-refractivity contribution in [3.05, 3.63) is 30.1 Å². The smallest absolute Gasteiger partial charge is 0.226 e. The first-order valence-electron chi connectivity index (χ1n) is 8.26. The zero-order chi connectivity index (χ0) is 18.2. The summed E-state index contributed by atoms with van der Waals surface area (Å²) in [5.41, 5.74) is 7.00. The lowest BCUT2D eigenvalue weighted by Crippen LogP contribution is -2.28. The van der Waals surface area contributed by atoms with Crippen LogP contribution in [0.3, 0.4) is 0 Å². The Hall–Kier alpha value is -2.74. The van der Waals surface area contributed by atoms with Crippen molar-refractivity contribution in [2.75, 3.05) is 11.9 Å². The van der Waals surface area contributed by atoms with E-state index in [1.165, 1.54) is 0 Å². The summed E-state index contributed by atoms with van der Waals surface area (Å²) in [5, 5.41) is 12.4. The van der Waals surface area contributed by atoms with Gasteiger partial charge in [0.15, 0.2) is 5.82 Å². The Morgan fingerprint density at radius 3 is 2.52 bits per heavy atom. The Balaban J connectivity index is 1.80. The summed E-state index contributed by atoms with van der Waals surface area (Å²) in [6, 6.07) is 7.21. The van der Waals surface area contributed by atoms with Crippen LogP contribution in [0.1, 0.15) is 32.5 Å². The molecule has 5 N–H and O–H groups in total. The molecule has 0 aliphatic carbocycles. The third kappa shape index (κ3) is 6.00. The van der Waals surface area contributed by atoms with Gasteiger partial charge in [-0.1, -0.05) is 13.8 Å². The van der Waals surface area contributed by atoms with Crippen molar-refractivity contribution >= 4 is 17.5 Å². The van der Waals surface area contributed by atoms with Crippen LogP contribution in [0, 0.1) is 5.92 Å². The van der Waals surface area contributed by atoms with Crippen molar-refractivity contribution in [2.45, 2.75) is 33.2 Å². The van der Waals surface area contributed by atoms with Crippen LogP contribution in [0.25, 0.3) is 11.4 Å². The number of amides is 2. The van der Waals surface area contributed by atoms with Gasteiger partial charge in [0.1, 0.15) is 5.82 Å². The molecule has 0 aliphatic heterocycles. The summed E-state index contributed by atoms with van der Waals surface area (Å²) in [6.07, 6.45) is 0.697. The van der Waals surface area contributed by atoms with Gasteiger partial charge >= 0.3 is 0 Å². The maximum Gasteiger partial charge on any atom is 0.226 e. The van der Waals surface area contributed by atoms with E-state index in [0.29, 0.717) is 42.8 Å². The van der Waals surface area contributed by atoms with Crippen molar-refractivity contribution in [3.63, 3.8) is 0 Å². The van der Waals surface area contributed by atoms with E-state index in [0.717, 1.165) is 5.56 Å². The average Bonchev–Trinajstić information content (AvgIpc) is 3.04. The van der Waals surface area contributed by atoms with E-state index in [-0.39, 0.29) is 18.2 Å². The molecule has 25 heavy (non-hydrogen) atoms. The minimum atomic E-state index is -0.152.